The number of rotatable bonds is 6. The topological polar surface area (TPSA) is 53.3 Å². The first kappa shape index (κ1) is 15.4. The summed E-state index contributed by atoms with van der Waals surface area (Å²) in [5, 5.41) is 0. The highest BCUT2D eigenvalue weighted by Gasteiger charge is 2.24. The van der Waals surface area contributed by atoms with E-state index in [9.17, 15) is 4.79 Å². The van der Waals surface area contributed by atoms with Gasteiger partial charge in [-0.1, -0.05) is 43.2 Å². The zero-order valence-corrected chi connectivity index (χ0v) is 13.7. The molecule has 0 saturated heterocycles. The fourth-order valence-corrected chi connectivity index (χ4v) is 3.22. The predicted molar refractivity (Wildman–Crippen MR) is 90.2 cm³/mol. The maximum absolute atomic E-state index is 12.6. The van der Waals surface area contributed by atoms with Gasteiger partial charge in [0.1, 0.15) is 12.4 Å². The first-order valence-electron chi connectivity index (χ1n) is 8.66. The molecule has 24 heavy (non-hydrogen) atoms. The second-order valence-corrected chi connectivity index (χ2v) is 6.66. The third kappa shape index (κ3) is 3.51. The Hall–Kier alpha value is -2.14. The van der Waals surface area contributed by atoms with Crippen molar-refractivity contribution in [2.24, 2.45) is 5.92 Å². The van der Waals surface area contributed by atoms with Crippen LogP contribution in [0.3, 0.4) is 0 Å². The molecular formula is C19H22N2O3. The Morgan fingerprint density at radius 2 is 2.08 bits per heavy atom. The van der Waals surface area contributed by atoms with E-state index < -0.39 is 0 Å². The van der Waals surface area contributed by atoms with Gasteiger partial charge in [-0.2, -0.15) is 4.98 Å². The first-order chi connectivity index (χ1) is 11.8. The summed E-state index contributed by atoms with van der Waals surface area (Å²) in [5.41, 5.74) is 1.14. The highest BCUT2D eigenvalue weighted by atomic mass is 16.5. The SMILES string of the molecule is O=c1cc(OCCC2CC2)nc2n1[C@H](Cc1ccccc1)COC2. The summed E-state index contributed by atoms with van der Waals surface area (Å²) in [5.74, 6) is 1.90. The van der Waals surface area contributed by atoms with Crippen LogP contribution in [-0.2, 0) is 17.8 Å². The van der Waals surface area contributed by atoms with Crippen molar-refractivity contribution in [2.45, 2.75) is 38.3 Å². The molecule has 1 fully saturated rings. The summed E-state index contributed by atoms with van der Waals surface area (Å²) in [7, 11) is 0. The van der Waals surface area contributed by atoms with Gasteiger partial charge in [0.2, 0.25) is 5.88 Å². The lowest BCUT2D eigenvalue weighted by Crippen LogP contribution is -2.36. The van der Waals surface area contributed by atoms with E-state index in [1.807, 2.05) is 18.2 Å². The van der Waals surface area contributed by atoms with Crippen molar-refractivity contribution >= 4 is 0 Å². The molecule has 2 heterocycles. The minimum Gasteiger partial charge on any atom is -0.477 e. The average molecular weight is 326 g/mol. The van der Waals surface area contributed by atoms with Crippen LogP contribution in [0.15, 0.2) is 41.2 Å². The molecule has 1 aromatic carbocycles. The molecule has 0 spiro atoms. The van der Waals surface area contributed by atoms with Gasteiger partial charge in [0.25, 0.3) is 5.56 Å². The highest BCUT2D eigenvalue weighted by molar-refractivity contribution is 5.17. The molecule has 0 unspecified atom stereocenters. The number of nitrogens with zero attached hydrogens (tertiary/aromatic N) is 2. The van der Waals surface area contributed by atoms with Crippen LogP contribution in [0.25, 0.3) is 0 Å². The number of aromatic nitrogens is 2. The van der Waals surface area contributed by atoms with Gasteiger partial charge >= 0.3 is 0 Å². The van der Waals surface area contributed by atoms with Gasteiger partial charge in [-0.15, -0.1) is 0 Å². The molecule has 5 nitrogen and oxygen atoms in total. The standard InChI is InChI=1S/C19H22N2O3/c22-19-11-18(24-9-8-14-6-7-14)20-17-13-23-12-16(21(17)19)10-15-4-2-1-3-5-15/h1-5,11,14,16H,6-10,12-13H2/t16-/m1/s1. The molecule has 0 N–H and O–H groups in total. The van der Waals surface area contributed by atoms with Gasteiger partial charge in [0.15, 0.2) is 0 Å². The monoisotopic (exact) mass is 326 g/mol. The third-order valence-corrected chi connectivity index (χ3v) is 4.70. The third-order valence-electron chi connectivity index (χ3n) is 4.70. The molecule has 0 bridgehead atoms. The van der Waals surface area contributed by atoms with Crippen LogP contribution in [0.5, 0.6) is 5.88 Å². The van der Waals surface area contributed by atoms with E-state index in [-0.39, 0.29) is 11.6 Å². The van der Waals surface area contributed by atoms with Gasteiger partial charge in [0, 0.05) is 0 Å². The van der Waals surface area contributed by atoms with Crippen LogP contribution >= 0.6 is 0 Å². The molecule has 1 atom stereocenters. The van der Waals surface area contributed by atoms with Crippen molar-refractivity contribution < 1.29 is 9.47 Å². The fraction of sp³-hybridized carbons (Fsp3) is 0.474. The summed E-state index contributed by atoms with van der Waals surface area (Å²) in [6.45, 7) is 1.53. The summed E-state index contributed by atoms with van der Waals surface area (Å²) >= 11 is 0. The summed E-state index contributed by atoms with van der Waals surface area (Å²) in [6.07, 6.45) is 4.42. The van der Waals surface area contributed by atoms with Crippen molar-refractivity contribution in [1.29, 1.82) is 0 Å². The lowest BCUT2D eigenvalue weighted by molar-refractivity contribution is 0.0499. The van der Waals surface area contributed by atoms with E-state index in [4.69, 9.17) is 9.47 Å². The minimum atomic E-state index is -0.0503. The van der Waals surface area contributed by atoms with Crippen molar-refractivity contribution in [3.8, 4) is 5.88 Å². The van der Waals surface area contributed by atoms with Crippen LogP contribution in [0.2, 0.25) is 0 Å². The zero-order valence-electron chi connectivity index (χ0n) is 13.7. The second kappa shape index (κ2) is 6.77. The summed E-state index contributed by atoms with van der Waals surface area (Å²) in [4.78, 5) is 17.1. The van der Waals surface area contributed by atoms with Gasteiger partial charge < -0.3 is 9.47 Å². The van der Waals surface area contributed by atoms with E-state index in [0.717, 1.165) is 18.8 Å². The Bertz CT molecular complexity index is 753. The maximum atomic E-state index is 12.6. The van der Waals surface area contributed by atoms with Crippen LogP contribution in [-0.4, -0.2) is 22.8 Å². The van der Waals surface area contributed by atoms with Crippen molar-refractivity contribution in [3.63, 3.8) is 0 Å². The molecule has 1 aliphatic heterocycles. The Morgan fingerprint density at radius 3 is 2.88 bits per heavy atom. The number of hydrogen-bond donors (Lipinski definition) is 0. The Balaban J connectivity index is 1.52. The maximum Gasteiger partial charge on any atom is 0.257 e. The van der Waals surface area contributed by atoms with E-state index in [1.165, 1.54) is 24.5 Å². The molecular weight excluding hydrogens is 304 g/mol. The lowest BCUT2D eigenvalue weighted by atomic mass is 10.1. The zero-order chi connectivity index (χ0) is 16.4. The number of fused-ring (bicyclic) bond motifs is 1. The van der Waals surface area contributed by atoms with Crippen molar-refractivity contribution in [1.82, 2.24) is 9.55 Å². The van der Waals surface area contributed by atoms with Gasteiger partial charge in [0.05, 0.1) is 25.3 Å². The lowest BCUT2D eigenvalue weighted by Gasteiger charge is -2.27. The minimum absolute atomic E-state index is 0.0170. The number of benzene rings is 1. The highest BCUT2D eigenvalue weighted by Crippen LogP contribution is 2.32. The molecule has 0 amide bonds. The number of ether oxygens (including phenoxy) is 2. The van der Waals surface area contributed by atoms with Gasteiger partial charge in [-0.25, -0.2) is 0 Å². The second-order valence-electron chi connectivity index (χ2n) is 6.66. The molecule has 2 aromatic rings. The quantitative estimate of drug-likeness (QED) is 0.819. The van der Waals surface area contributed by atoms with Crippen LogP contribution in [0.4, 0.5) is 0 Å². The Kier molecular flexibility index (Phi) is 4.34. The molecule has 5 heteroatoms. The Labute approximate surface area is 141 Å². The molecule has 1 aromatic heterocycles. The summed E-state index contributed by atoms with van der Waals surface area (Å²) in [6, 6.07) is 11.7. The smallest absolute Gasteiger partial charge is 0.257 e. The normalized spacial score (nSPS) is 19.8. The van der Waals surface area contributed by atoms with E-state index in [1.54, 1.807) is 4.57 Å². The van der Waals surface area contributed by atoms with Crippen LogP contribution < -0.4 is 10.3 Å². The van der Waals surface area contributed by atoms with Gasteiger partial charge in [-0.3, -0.25) is 9.36 Å². The molecule has 126 valence electrons. The molecule has 1 aliphatic carbocycles. The molecule has 1 saturated carbocycles. The van der Waals surface area contributed by atoms with Crippen LogP contribution in [0.1, 0.15) is 36.7 Å². The molecule has 0 radical (unpaired) electrons. The largest absolute Gasteiger partial charge is 0.477 e. The van der Waals surface area contributed by atoms with E-state index in [2.05, 4.69) is 17.1 Å². The van der Waals surface area contributed by atoms with E-state index in [0.29, 0.717) is 31.5 Å². The average Bonchev–Trinajstić information content (AvgIpc) is 3.40. The molecule has 4 rings (SSSR count). The van der Waals surface area contributed by atoms with Crippen LogP contribution in [0, 0.1) is 5.92 Å². The predicted octanol–water partition coefficient (Wildman–Crippen LogP) is 2.74. The first-order valence-corrected chi connectivity index (χ1v) is 8.66. The molecule has 2 aliphatic rings. The fourth-order valence-electron chi connectivity index (χ4n) is 3.22. The van der Waals surface area contributed by atoms with Crippen molar-refractivity contribution in [3.05, 3.63) is 58.1 Å². The van der Waals surface area contributed by atoms with E-state index >= 15 is 0 Å². The van der Waals surface area contributed by atoms with Gasteiger partial charge in [-0.05, 0) is 24.3 Å². The number of hydrogen-bond acceptors (Lipinski definition) is 4. The van der Waals surface area contributed by atoms with Crippen molar-refractivity contribution in [2.75, 3.05) is 13.2 Å². The Morgan fingerprint density at radius 1 is 1.25 bits per heavy atom. The summed E-state index contributed by atoms with van der Waals surface area (Å²) < 4.78 is 13.1.